The maximum absolute atomic E-state index is 14.2. The Bertz CT molecular complexity index is 1380. The molecule has 0 amide bonds. The molecule has 5 rings (SSSR count). The number of nitrogens with zero attached hydrogens (tertiary/aromatic N) is 7. The largest absolute Gasteiger partial charge is 0.311 e. The molecule has 0 saturated heterocycles. The molecular formula is C23H27F2N7O6Si. The van der Waals surface area contributed by atoms with Crippen molar-refractivity contribution in [1.82, 2.24) is 20.2 Å². The minimum absolute atomic E-state index is 0.0103. The van der Waals surface area contributed by atoms with E-state index in [-0.39, 0.29) is 28.8 Å². The summed E-state index contributed by atoms with van der Waals surface area (Å²) in [4.78, 5) is 29.7. The van der Waals surface area contributed by atoms with Crippen molar-refractivity contribution in [3.8, 4) is 5.69 Å². The average Bonchev–Trinajstić information content (AvgIpc) is 3.77. The van der Waals surface area contributed by atoms with Crippen LogP contribution in [0.4, 0.5) is 25.8 Å². The lowest BCUT2D eigenvalue weighted by molar-refractivity contribution is -0.396. The lowest BCUT2D eigenvalue weighted by Gasteiger charge is -2.06. The van der Waals surface area contributed by atoms with Crippen LogP contribution in [0.25, 0.3) is 5.69 Å². The molecule has 0 unspecified atom stereocenters. The van der Waals surface area contributed by atoms with E-state index >= 15 is 0 Å². The van der Waals surface area contributed by atoms with Crippen molar-refractivity contribution in [2.75, 3.05) is 0 Å². The number of rotatable bonds is 6. The molecule has 0 atom stereocenters. The molecule has 0 radical (unpaired) electrons. The standard InChI is InChI=1S/C10H8FN5O2.C9H7FN2O4.C4H12Si/c11-10-8(6-1-2-6)3-7(16(17)18)4-9(10)15-5-12-13-14-15;10-9-7(5-1-2-5)3-6(11(13)14)4-8(9)12(15)16;1-5(2,3)4/h3-6H,1-2H2;3-5H,1-2H2;1-4H3. The number of nitro benzene ring substituents is 3. The quantitative estimate of drug-likeness (QED) is 0.196. The van der Waals surface area contributed by atoms with Crippen molar-refractivity contribution >= 4 is 25.1 Å². The molecule has 0 spiro atoms. The molecule has 13 nitrogen and oxygen atoms in total. The van der Waals surface area contributed by atoms with Crippen molar-refractivity contribution in [2.45, 2.75) is 63.7 Å². The summed E-state index contributed by atoms with van der Waals surface area (Å²) in [6.07, 6.45) is 4.35. The van der Waals surface area contributed by atoms with Crippen LogP contribution in [0.5, 0.6) is 0 Å². The topological polar surface area (TPSA) is 173 Å². The van der Waals surface area contributed by atoms with Crippen molar-refractivity contribution < 1.29 is 23.6 Å². The molecule has 1 heterocycles. The van der Waals surface area contributed by atoms with Gasteiger partial charge in [-0.2, -0.15) is 9.07 Å². The summed E-state index contributed by atoms with van der Waals surface area (Å²) in [6.45, 7) is 9.31. The molecule has 208 valence electrons. The van der Waals surface area contributed by atoms with Gasteiger partial charge in [-0.3, -0.25) is 30.3 Å². The smallest absolute Gasteiger partial charge is 0.258 e. The molecule has 2 aliphatic rings. The van der Waals surface area contributed by atoms with E-state index < -0.39 is 45.9 Å². The highest BCUT2D eigenvalue weighted by Gasteiger charge is 2.33. The molecule has 0 aliphatic heterocycles. The maximum Gasteiger partial charge on any atom is 0.311 e. The lowest BCUT2D eigenvalue weighted by atomic mass is 10.1. The van der Waals surface area contributed by atoms with Gasteiger partial charge in [0.2, 0.25) is 5.82 Å². The summed E-state index contributed by atoms with van der Waals surface area (Å²) in [5, 5.41) is 42.3. The Labute approximate surface area is 222 Å². The summed E-state index contributed by atoms with van der Waals surface area (Å²) in [6, 6.07) is 4.17. The van der Waals surface area contributed by atoms with Gasteiger partial charge in [0.1, 0.15) is 12.0 Å². The fraction of sp³-hybridized carbons (Fsp3) is 0.435. The molecule has 2 aromatic carbocycles. The Morgan fingerprint density at radius 1 is 0.795 bits per heavy atom. The normalized spacial score (nSPS) is 14.4. The van der Waals surface area contributed by atoms with Crippen LogP contribution in [0, 0.1) is 42.0 Å². The highest BCUT2D eigenvalue weighted by molar-refractivity contribution is 6.74. The fourth-order valence-electron chi connectivity index (χ4n) is 3.40. The number of nitro groups is 3. The first-order valence-electron chi connectivity index (χ1n) is 12.0. The SMILES string of the molecule is C[Si](C)(C)C.O=[N+]([O-])c1cc(C2CC2)c(F)c(-n2cnnn2)c1.O=[N+]([O-])c1cc(C2CC2)c(F)c([N+](=O)[O-])c1. The Balaban J connectivity index is 0.000000185. The van der Waals surface area contributed by atoms with Gasteiger partial charge >= 0.3 is 5.69 Å². The second kappa shape index (κ2) is 11.7. The van der Waals surface area contributed by atoms with Gasteiger partial charge in [0, 0.05) is 31.8 Å². The third kappa shape index (κ3) is 8.13. The molecule has 0 N–H and O–H groups in total. The van der Waals surface area contributed by atoms with Gasteiger partial charge in [-0.05, 0) is 53.5 Å². The summed E-state index contributed by atoms with van der Waals surface area (Å²) in [5.74, 6) is -1.48. The molecule has 39 heavy (non-hydrogen) atoms. The van der Waals surface area contributed by atoms with Gasteiger partial charge in [-0.1, -0.05) is 26.2 Å². The van der Waals surface area contributed by atoms with Gasteiger partial charge in [0.05, 0.1) is 20.8 Å². The van der Waals surface area contributed by atoms with Crippen LogP contribution < -0.4 is 0 Å². The van der Waals surface area contributed by atoms with Crippen molar-refractivity contribution in [3.63, 3.8) is 0 Å². The van der Waals surface area contributed by atoms with E-state index in [0.717, 1.165) is 42.5 Å². The Hall–Kier alpha value is -4.21. The van der Waals surface area contributed by atoms with Crippen LogP contribution >= 0.6 is 0 Å². The number of halogens is 2. The molecule has 2 fully saturated rings. The molecular weight excluding hydrogens is 536 g/mol. The average molecular weight is 564 g/mol. The highest BCUT2D eigenvalue weighted by atomic mass is 28.3. The van der Waals surface area contributed by atoms with Crippen LogP contribution in [-0.2, 0) is 0 Å². The highest BCUT2D eigenvalue weighted by Crippen LogP contribution is 2.45. The summed E-state index contributed by atoms with van der Waals surface area (Å²) in [5.41, 5.74) is -0.943. The van der Waals surface area contributed by atoms with Crippen molar-refractivity contribution in [2.24, 2.45) is 0 Å². The van der Waals surface area contributed by atoms with Crippen LogP contribution in [0.2, 0.25) is 26.2 Å². The van der Waals surface area contributed by atoms with Gasteiger partial charge < -0.3 is 0 Å². The first kappa shape index (κ1) is 29.3. The predicted octanol–water partition coefficient (Wildman–Crippen LogP) is 6.06. The molecule has 1 aromatic heterocycles. The van der Waals surface area contributed by atoms with Crippen LogP contribution in [-0.4, -0.2) is 43.1 Å². The number of benzene rings is 2. The van der Waals surface area contributed by atoms with Gasteiger partial charge in [0.25, 0.3) is 11.4 Å². The summed E-state index contributed by atoms with van der Waals surface area (Å²) >= 11 is 0. The van der Waals surface area contributed by atoms with E-state index in [9.17, 15) is 39.1 Å². The lowest BCUT2D eigenvalue weighted by Crippen LogP contribution is -2.10. The molecule has 2 saturated carbocycles. The van der Waals surface area contributed by atoms with Gasteiger partial charge in [0.15, 0.2) is 5.82 Å². The molecule has 0 bridgehead atoms. The van der Waals surface area contributed by atoms with E-state index in [4.69, 9.17) is 0 Å². The van der Waals surface area contributed by atoms with E-state index in [0.29, 0.717) is 11.6 Å². The van der Waals surface area contributed by atoms with Crippen LogP contribution in [0.3, 0.4) is 0 Å². The molecule has 2 aliphatic carbocycles. The van der Waals surface area contributed by atoms with E-state index in [2.05, 4.69) is 41.7 Å². The molecule has 16 heteroatoms. The van der Waals surface area contributed by atoms with Gasteiger partial charge in [-0.15, -0.1) is 5.10 Å². The number of hydrogen-bond donors (Lipinski definition) is 0. The summed E-state index contributed by atoms with van der Waals surface area (Å²) in [7, 11) is -0.611. The van der Waals surface area contributed by atoms with Gasteiger partial charge in [-0.25, -0.2) is 4.39 Å². The fourth-order valence-corrected chi connectivity index (χ4v) is 3.40. The van der Waals surface area contributed by atoms with E-state index in [1.807, 2.05) is 0 Å². The second-order valence-corrected chi connectivity index (χ2v) is 16.8. The van der Waals surface area contributed by atoms with Crippen LogP contribution in [0.1, 0.15) is 48.6 Å². The zero-order chi connectivity index (χ0) is 29.1. The predicted molar refractivity (Wildman–Crippen MR) is 139 cm³/mol. The van der Waals surface area contributed by atoms with Crippen molar-refractivity contribution in [1.29, 1.82) is 0 Å². The Kier molecular flexibility index (Phi) is 8.78. The minimum Gasteiger partial charge on any atom is -0.258 e. The number of non-ortho nitro benzene ring substituents is 2. The zero-order valence-corrected chi connectivity index (χ0v) is 22.7. The number of hydrogen-bond acceptors (Lipinski definition) is 9. The zero-order valence-electron chi connectivity index (χ0n) is 21.7. The maximum atomic E-state index is 14.2. The Morgan fingerprint density at radius 3 is 1.64 bits per heavy atom. The minimum atomic E-state index is -0.946. The Morgan fingerprint density at radius 2 is 1.26 bits per heavy atom. The summed E-state index contributed by atoms with van der Waals surface area (Å²) < 4.78 is 28.9. The monoisotopic (exact) mass is 563 g/mol. The third-order valence-electron chi connectivity index (χ3n) is 5.38. The first-order chi connectivity index (χ1) is 18.2. The number of tetrazole rings is 1. The van der Waals surface area contributed by atoms with E-state index in [1.165, 1.54) is 12.4 Å². The number of aromatic nitrogens is 4. The third-order valence-corrected chi connectivity index (χ3v) is 5.38. The van der Waals surface area contributed by atoms with Crippen LogP contribution in [0.15, 0.2) is 30.6 Å². The second-order valence-electron chi connectivity index (χ2n) is 10.8. The van der Waals surface area contributed by atoms with Crippen molar-refractivity contribution in [3.05, 3.63) is 83.7 Å². The first-order valence-corrected chi connectivity index (χ1v) is 16.0. The van der Waals surface area contributed by atoms with E-state index in [1.54, 1.807) is 0 Å². The molecule has 3 aromatic rings.